The molecule has 0 saturated heterocycles. The molecule has 0 radical (unpaired) electrons. The van der Waals surface area contributed by atoms with E-state index in [-0.39, 0.29) is 0 Å². The van der Waals surface area contributed by atoms with Gasteiger partial charge in [-0.1, -0.05) is 6.07 Å². The van der Waals surface area contributed by atoms with E-state index in [9.17, 15) is 0 Å². The zero-order valence-corrected chi connectivity index (χ0v) is 12.3. The second-order valence-corrected chi connectivity index (χ2v) is 5.03. The number of rotatable bonds is 5. The lowest BCUT2D eigenvalue weighted by molar-refractivity contribution is 0.301. The summed E-state index contributed by atoms with van der Waals surface area (Å²) >= 11 is 2.27. The summed E-state index contributed by atoms with van der Waals surface area (Å²) in [6.07, 6.45) is 0. The van der Waals surface area contributed by atoms with Gasteiger partial charge in [-0.3, -0.25) is 0 Å². The molecule has 0 aliphatic heterocycles. The Hall–Kier alpha value is -1.30. The monoisotopic (exact) mass is 354 g/mol. The average Bonchev–Trinajstić information content (AvgIpc) is 2.39. The quantitative estimate of drug-likeness (QED) is 0.832. The van der Waals surface area contributed by atoms with Crippen molar-refractivity contribution in [3.63, 3.8) is 0 Å². The van der Waals surface area contributed by atoms with Gasteiger partial charge in [0.25, 0.3) is 0 Å². The van der Waals surface area contributed by atoms with Crippen LogP contribution in [0.15, 0.2) is 42.5 Å². The van der Waals surface area contributed by atoms with E-state index >= 15 is 0 Å². The topological polar surface area (TPSA) is 34.1 Å². The lowest BCUT2D eigenvalue weighted by atomic mass is 10.3. The summed E-state index contributed by atoms with van der Waals surface area (Å²) in [5, 5.41) is 3.19. The van der Waals surface area contributed by atoms with Crippen LogP contribution in [-0.2, 0) is 6.61 Å². The highest BCUT2D eigenvalue weighted by molar-refractivity contribution is 14.1. The fourth-order valence-electron chi connectivity index (χ4n) is 1.53. The zero-order valence-electron chi connectivity index (χ0n) is 10.2. The van der Waals surface area contributed by atoms with Gasteiger partial charge in [-0.15, -0.1) is 0 Å². The minimum Gasteiger partial charge on any atom is -0.487 e. The third-order valence-electron chi connectivity index (χ3n) is 2.37. The molecule has 0 bridgehead atoms. The van der Waals surface area contributed by atoms with Crippen molar-refractivity contribution in [2.24, 2.45) is 0 Å². The fraction of sp³-hybridized carbons (Fsp3) is 0.214. The Morgan fingerprint density at radius 2 is 1.94 bits per heavy atom. The van der Waals surface area contributed by atoms with Crippen molar-refractivity contribution < 1.29 is 4.74 Å². The molecular formula is C14H15IN2O. The van der Waals surface area contributed by atoms with E-state index in [1.807, 2.05) is 42.5 Å². The third kappa shape index (κ3) is 3.87. The molecule has 18 heavy (non-hydrogen) atoms. The summed E-state index contributed by atoms with van der Waals surface area (Å²) in [5.41, 5.74) is 0.923. The fourth-order valence-corrected chi connectivity index (χ4v) is 1.89. The standard InChI is InChI=1S/C14H15IN2O/c1-2-16-14-5-3-4-12(17-14)10-18-13-8-6-11(15)7-9-13/h3-9H,2,10H2,1H3,(H,16,17). The van der Waals surface area contributed by atoms with Crippen LogP contribution in [0.4, 0.5) is 5.82 Å². The maximum Gasteiger partial charge on any atom is 0.130 e. The van der Waals surface area contributed by atoms with Gasteiger partial charge in [0.15, 0.2) is 0 Å². The molecule has 4 heteroatoms. The maximum absolute atomic E-state index is 5.69. The van der Waals surface area contributed by atoms with Crippen LogP contribution in [0.2, 0.25) is 0 Å². The molecule has 1 aromatic carbocycles. The highest BCUT2D eigenvalue weighted by atomic mass is 127. The van der Waals surface area contributed by atoms with E-state index in [0.717, 1.165) is 23.8 Å². The van der Waals surface area contributed by atoms with E-state index in [4.69, 9.17) is 4.74 Å². The SMILES string of the molecule is CCNc1cccc(COc2ccc(I)cc2)n1. The molecule has 0 saturated carbocycles. The number of hydrogen-bond donors (Lipinski definition) is 1. The van der Waals surface area contributed by atoms with Gasteiger partial charge in [-0.25, -0.2) is 4.98 Å². The Labute approximate surface area is 121 Å². The van der Waals surface area contributed by atoms with Crippen molar-refractivity contribution in [3.05, 3.63) is 51.7 Å². The van der Waals surface area contributed by atoms with Gasteiger partial charge in [-0.2, -0.15) is 0 Å². The van der Waals surface area contributed by atoms with Crippen LogP contribution in [0.3, 0.4) is 0 Å². The molecule has 2 aromatic rings. The van der Waals surface area contributed by atoms with Crippen LogP contribution in [-0.4, -0.2) is 11.5 Å². The predicted molar refractivity (Wildman–Crippen MR) is 81.9 cm³/mol. The Bertz CT molecular complexity index is 499. The number of hydrogen-bond acceptors (Lipinski definition) is 3. The first-order valence-corrected chi connectivity index (χ1v) is 6.94. The molecule has 2 rings (SSSR count). The smallest absolute Gasteiger partial charge is 0.130 e. The van der Waals surface area contributed by atoms with Crippen LogP contribution in [0.25, 0.3) is 0 Å². The van der Waals surface area contributed by atoms with Gasteiger partial charge < -0.3 is 10.1 Å². The average molecular weight is 354 g/mol. The Balaban J connectivity index is 1.97. The normalized spacial score (nSPS) is 10.1. The van der Waals surface area contributed by atoms with E-state index < -0.39 is 0 Å². The van der Waals surface area contributed by atoms with Crippen LogP contribution < -0.4 is 10.1 Å². The molecule has 1 aromatic heterocycles. The van der Waals surface area contributed by atoms with Crippen LogP contribution in [0.5, 0.6) is 5.75 Å². The summed E-state index contributed by atoms with van der Waals surface area (Å²) in [6.45, 7) is 3.41. The molecule has 1 heterocycles. The second-order valence-electron chi connectivity index (χ2n) is 3.79. The van der Waals surface area contributed by atoms with Gasteiger partial charge >= 0.3 is 0 Å². The number of benzene rings is 1. The molecule has 94 valence electrons. The highest BCUT2D eigenvalue weighted by Crippen LogP contribution is 2.15. The first-order valence-electron chi connectivity index (χ1n) is 5.86. The van der Waals surface area contributed by atoms with Crippen LogP contribution in [0, 0.1) is 3.57 Å². The number of halogens is 1. The van der Waals surface area contributed by atoms with Gasteiger partial charge in [0.1, 0.15) is 18.2 Å². The van der Waals surface area contributed by atoms with Crippen molar-refractivity contribution in [2.45, 2.75) is 13.5 Å². The number of pyridine rings is 1. The first kappa shape index (κ1) is 13.1. The third-order valence-corrected chi connectivity index (χ3v) is 3.08. The van der Waals surface area contributed by atoms with Crippen molar-refractivity contribution in [2.75, 3.05) is 11.9 Å². The van der Waals surface area contributed by atoms with Crippen molar-refractivity contribution >= 4 is 28.4 Å². The van der Waals surface area contributed by atoms with Crippen LogP contribution in [0.1, 0.15) is 12.6 Å². The lowest BCUT2D eigenvalue weighted by Gasteiger charge is -2.07. The Morgan fingerprint density at radius 3 is 2.67 bits per heavy atom. The molecule has 0 atom stereocenters. The van der Waals surface area contributed by atoms with E-state index in [1.54, 1.807) is 0 Å². The largest absolute Gasteiger partial charge is 0.487 e. The maximum atomic E-state index is 5.69. The summed E-state index contributed by atoms with van der Waals surface area (Å²) in [4.78, 5) is 4.46. The number of ether oxygens (including phenoxy) is 1. The van der Waals surface area contributed by atoms with Crippen LogP contribution >= 0.6 is 22.6 Å². The Kier molecular flexibility index (Phi) is 4.81. The summed E-state index contributed by atoms with van der Waals surface area (Å²) < 4.78 is 6.89. The number of anilines is 1. The molecule has 3 nitrogen and oxygen atoms in total. The highest BCUT2D eigenvalue weighted by Gasteiger charge is 1.99. The van der Waals surface area contributed by atoms with Gasteiger partial charge in [0.05, 0.1) is 5.69 Å². The summed E-state index contributed by atoms with van der Waals surface area (Å²) in [7, 11) is 0. The minimum atomic E-state index is 0.486. The Morgan fingerprint density at radius 1 is 1.17 bits per heavy atom. The summed E-state index contributed by atoms with van der Waals surface area (Å²) in [5.74, 6) is 1.76. The lowest BCUT2D eigenvalue weighted by Crippen LogP contribution is -2.03. The molecular weight excluding hydrogens is 339 g/mol. The zero-order chi connectivity index (χ0) is 12.8. The minimum absolute atomic E-state index is 0.486. The van der Waals surface area contributed by atoms with E-state index in [1.165, 1.54) is 3.57 Å². The number of nitrogens with zero attached hydrogens (tertiary/aromatic N) is 1. The number of nitrogens with one attached hydrogen (secondary N) is 1. The van der Waals surface area contributed by atoms with Gasteiger partial charge in [-0.05, 0) is 65.9 Å². The van der Waals surface area contributed by atoms with Crippen molar-refractivity contribution in [3.8, 4) is 5.75 Å². The molecule has 1 N–H and O–H groups in total. The van der Waals surface area contributed by atoms with Crippen molar-refractivity contribution in [1.29, 1.82) is 0 Å². The molecule has 0 amide bonds. The molecule has 0 spiro atoms. The van der Waals surface area contributed by atoms with Gasteiger partial charge in [0, 0.05) is 10.1 Å². The predicted octanol–water partition coefficient (Wildman–Crippen LogP) is 3.70. The molecule has 0 aliphatic rings. The second kappa shape index (κ2) is 6.58. The molecule has 0 fully saturated rings. The van der Waals surface area contributed by atoms with Crippen molar-refractivity contribution in [1.82, 2.24) is 4.98 Å². The first-order chi connectivity index (χ1) is 8.78. The molecule has 0 aliphatic carbocycles. The summed E-state index contributed by atoms with van der Waals surface area (Å²) in [6, 6.07) is 13.9. The van der Waals surface area contributed by atoms with Gasteiger partial charge in [0.2, 0.25) is 0 Å². The number of aromatic nitrogens is 1. The van der Waals surface area contributed by atoms with E-state index in [2.05, 4.69) is 39.8 Å². The van der Waals surface area contributed by atoms with E-state index in [0.29, 0.717) is 6.61 Å². The molecule has 0 unspecified atom stereocenters.